The maximum absolute atomic E-state index is 8.68. The predicted octanol–water partition coefficient (Wildman–Crippen LogP) is 12.9. The molecule has 1 aliphatic rings. The molecule has 10 rings (SSSR count). The maximum atomic E-state index is 8.68. The number of fused-ring (bicyclic) bond motifs is 2. The normalized spacial score (nSPS) is 10.7. The fraction of sp³-hybridized carbons (Fsp3) is 0. The molecule has 3 heterocycles. The summed E-state index contributed by atoms with van der Waals surface area (Å²) in [4.78, 5) is 25.7. The summed E-state index contributed by atoms with van der Waals surface area (Å²) in [5, 5.41) is 20.9. The highest BCUT2D eigenvalue weighted by Crippen LogP contribution is 2.41. The maximum Gasteiger partial charge on any atom is 0.488 e. The van der Waals surface area contributed by atoms with Gasteiger partial charge in [-0.25, -0.2) is 15.0 Å². The van der Waals surface area contributed by atoms with Gasteiger partial charge in [-0.3, -0.25) is 0 Å². The van der Waals surface area contributed by atoms with Crippen molar-refractivity contribution in [3.63, 3.8) is 0 Å². The molecule has 0 spiro atoms. The van der Waals surface area contributed by atoms with E-state index < -0.39 is 7.12 Å². The fourth-order valence-electron chi connectivity index (χ4n) is 5.90. The highest BCUT2D eigenvalue weighted by atomic mass is 79.9. The Morgan fingerprint density at radius 3 is 1.20 bits per heavy atom. The number of ether oxygens (including phenoxy) is 1. The molecule has 0 saturated heterocycles. The minimum Gasteiger partial charge on any atom is -0.453 e. The van der Waals surface area contributed by atoms with Gasteiger partial charge < -0.3 is 20.1 Å². The van der Waals surface area contributed by atoms with E-state index in [0.29, 0.717) is 28.8 Å². The molecule has 0 amide bonds. The molecule has 64 heavy (non-hydrogen) atoms. The molecule has 16 heteroatoms. The number of halogens is 5. The van der Waals surface area contributed by atoms with Crippen molar-refractivity contribution in [2.45, 2.75) is 0 Å². The Morgan fingerprint density at radius 1 is 0.406 bits per heavy atom. The van der Waals surface area contributed by atoms with Crippen molar-refractivity contribution in [1.82, 2.24) is 29.9 Å². The van der Waals surface area contributed by atoms with Gasteiger partial charge in [0.2, 0.25) is 10.6 Å². The topological polar surface area (TPSA) is 139 Å². The van der Waals surface area contributed by atoms with Crippen molar-refractivity contribution < 1.29 is 14.8 Å². The van der Waals surface area contributed by atoms with E-state index in [9.17, 15) is 0 Å². The molecule has 2 aromatic heterocycles. The quantitative estimate of drug-likeness (QED) is 0.143. The first-order valence-electron chi connectivity index (χ1n) is 19.3. The first-order chi connectivity index (χ1) is 31.1. The molecule has 0 atom stereocenters. The van der Waals surface area contributed by atoms with Crippen molar-refractivity contribution in [2.24, 2.45) is 0 Å². The molecule has 0 aliphatic carbocycles. The van der Waals surface area contributed by atoms with Crippen LogP contribution in [0, 0.1) is 0 Å². The van der Waals surface area contributed by atoms with Crippen LogP contribution in [0.15, 0.2) is 195 Å². The molecular formula is C48H33BBr3Cl2N7O3. The number of benzene rings is 7. The molecule has 316 valence electrons. The van der Waals surface area contributed by atoms with Crippen LogP contribution in [0.1, 0.15) is 0 Å². The van der Waals surface area contributed by atoms with E-state index in [1.54, 1.807) is 18.2 Å². The zero-order valence-corrected chi connectivity index (χ0v) is 39.5. The van der Waals surface area contributed by atoms with Crippen LogP contribution in [0.3, 0.4) is 0 Å². The second-order valence-corrected chi connectivity index (χ2v) is 16.8. The lowest BCUT2D eigenvalue weighted by molar-refractivity contribution is 0.425. The molecule has 0 fully saturated rings. The van der Waals surface area contributed by atoms with Crippen molar-refractivity contribution in [3.05, 3.63) is 206 Å². The lowest BCUT2D eigenvalue weighted by Crippen LogP contribution is -2.29. The van der Waals surface area contributed by atoms with Gasteiger partial charge in [0.1, 0.15) is 0 Å². The number of para-hydroxylation sites is 4. The van der Waals surface area contributed by atoms with Crippen molar-refractivity contribution in [3.8, 4) is 57.1 Å². The molecular weight excluding hydrogens is 1040 g/mol. The van der Waals surface area contributed by atoms with Crippen LogP contribution in [-0.4, -0.2) is 47.1 Å². The van der Waals surface area contributed by atoms with Crippen LogP contribution in [0.4, 0.5) is 11.4 Å². The van der Waals surface area contributed by atoms with E-state index in [1.807, 2.05) is 164 Å². The lowest BCUT2D eigenvalue weighted by atomic mass is 9.81. The number of rotatable bonds is 5. The Kier molecular flexibility index (Phi) is 16.4. The summed E-state index contributed by atoms with van der Waals surface area (Å²) in [5.41, 5.74) is 6.23. The molecule has 10 nitrogen and oxygen atoms in total. The fourth-order valence-corrected chi connectivity index (χ4v) is 7.48. The van der Waals surface area contributed by atoms with Gasteiger partial charge in [0.05, 0.1) is 11.4 Å². The Labute approximate surface area is 405 Å². The first kappa shape index (κ1) is 46.2. The first-order valence-corrected chi connectivity index (χ1v) is 22.4. The molecule has 0 unspecified atom stereocenters. The number of anilines is 2. The summed E-state index contributed by atoms with van der Waals surface area (Å²) in [7, 11) is -1.38. The summed E-state index contributed by atoms with van der Waals surface area (Å²) in [6.45, 7) is 0. The molecule has 0 bridgehead atoms. The summed E-state index contributed by atoms with van der Waals surface area (Å²) in [6, 6.07) is 58.1. The second-order valence-electron chi connectivity index (χ2n) is 13.4. The van der Waals surface area contributed by atoms with Crippen LogP contribution >= 0.6 is 71.0 Å². The molecule has 1 aliphatic heterocycles. The zero-order valence-electron chi connectivity index (χ0n) is 33.3. The minimum atomic E-state index is -1.38. The van der Waals surface area contributed by atoms with E-state index >= 15 is 0 Å². The van der Waals surface area contributed by atoms with Gasteiger partial charge in [-0.05, 0) is 89.3 Å². The Balaban J connectivity index is 0.000000137. The van der Waals surface area contributed by atoms with E-state index in [4.69, 9.17) is 52.9 Å². The average molecular weight is 1080 g/mol. The third kappa shape index (κ3) is 13.1. The predicted molar refractivity (Wildman–Crippen MR) is 267 cm³/mol. The van der Waals surface area contributed by atoms with Gasteiger partial charge in [0.25, 0.3) is 0 Å². The van der Waals surface area contributed by atoms with E-state index in [-0.39, 0.29) is 10.6 Å². The van der Waals surface area contributed by atoms with Crippen LogP contribution in [0.25, 0.3) is 45.6 Å². The van der Waals surface area contributed by atoms with Crippen molar-refractivity contribution in [2.75, 3.05) is 5.32 Å². The smallest absolute Gasteiger partial charge is 0.453 e. The number of nitrogens with zero attached hydrogens (tertiary/aromatic N) is 6. The molecule has 9 aromatic rings. The number of nitrogens with one attached hydrogen (secondary N) is 1. The SMILES string of the molecule is Brc1cccc(-c2nc(-c3ccccc3)nc(-c3cccc(Br)c3)n2)c1.Clc1nc(Cl)nc(-c2ccccc2)n1.OB(O)c1cccc(Br)c1.c1ccc2c(c1)Nc1ccccc1O2. The van der Waals surface area contributed by atoms with Crippen LogP contribution in [0.5, 0.6) is 11.5 Å². The number of hydrogen-bond acceptors (Lipinski definition) is 10. The Hall–Kier alpha value is -5.84. The molecule has 3 N–H and O–H groups in total. The summed E-state index contributed by atoms with van der Waals surface area (Å²) < 4.78 is 8.53. The highest BCUT2D eigenvalue weighted by Gasteiger charge is 2.15. The number of aromatic nitrogens is 6. The standard InChI is InChI=1S/C21H13Br2N3.C12H9NO.C9H5Cl2N3.C6H6BBrO2/c22-17-10-4-8-15(12-17)20-24-19(14-6-2-1-3-7-14)25-21(26-20)16-9-5-11-18(23)13-16;1-3-7-11-9(5-1)13-10-6-2-4-8-12(10)14-11;10-8-12-7(13-9(11)14-8)6-4-2-1-3-5-6;8-6-3-1-2-5(4-6)7(9)10/h1-13H;1-8,13H;1-5H;1-4,9-10H. The Morgan fingerprint density at radius 2 is 0.781 bits per heavy atom. The molecule has 0 saturated carbocycles. The van der Waals surface area contributed by atoms with Crippen LogP contribution in [-0.2, 0) is 0 Å². The summed E-state index contributed by atoms with van der Waals surface area (Å²) in [5.74, 6) is 4.20. The van der Waals surface area contributed by atoms with Crippen molar-refractivity contribution in [1.29, 1.82) is 0 Å². The van der Waals surface area contributed by atoms with E-state index in [2.05, 4.69) is 68.1 Å². The van der Waals surface area contributed by atoms with Gasteiger partial charge in [-0.15, -0.1) is 0 Å². The Bertz CT molecular complexity index is 2810. The molecule has 0 radical (unpaired) electrons. The second kappa shape index (κ2) is 22.7. The highest BCUT2D eigenvalue weighted by molar-refractivity contribution is 9.11. The lowest BCUT2D eigenvalue weighted by Gasteiger charge is -2.20. The van der Waals surface area contributed by atoms with E-state index in [0.717, 1.165) is 58.5 Å². The van der Waals surface area contributed by atoms with Gasteiger partial charge in [-0.2, -0.15) is 15.0 Å². The van der Waals surface area contributed by atoms with E-state index in [1.165, 1.54) is 0 Å². The van der Waals surface area contributed by atoms with Crippen molar-refractivity contribution >= 4 is 94.9 Å². The van der Waals surface area contributed by atoms with Gasteiger partial charge in [0.15, 0.2) is 34.8 Å². The third-order valence-electron chi connectivity index (χ3n) is 8.86. The van der Waals surface area contributed by atoms with Gasteiger partial charge >= 0.3 is 7.12 Å². The number of hydrogen-bond donors (Lipinski definition) is 3. The monoisotopic (exact) mass is 1070 g/mol. The van der Waals surface area contributed by atoms with Gasteiger partial charge in [-0.1, -0.05) is 169 Å². The third-order valence-corrected chi connectivity index (χ3v) is 10.7. The van der Waals surface area contributed by atoms with Gasteiger partial charge in [0, 0.05) is 35.7 Å². The summed E-state index contributed by atoms with van der Waals surface area (Å²) >= 11 is 21.6. The zero-order chi connectivity index (χ0) is 44.8. The minimum absolute atomic E-state index is 0.101. The average Bonchev–Trinajstić information content (AvgIpc) is 3.31. The largest absolute Gasteiger partial charge is 0.488 e. The van der Waals surface area contributed by atoms with Crippen LogP contribution in [0.2, 0.25) is 10.6 Å². The molecule has 7 aromatic carbocycles. The summed E-state index contributed by atoms with van der Waals surface area (Å²) in [6.07, 6.45) is 0. The van der Waals surface area contributed by atoms with Crippen LogP contribution < -0.4 is 15.5 Å².